The Morgan fingerprint density at radius 3 is 2.17 bits per heavy atom. The molecule has 0 bridgehead atoms. The summed E-state index contributed by atoms with van der Waals surface area (Å²) in [5, 5.41) is 3.80. The van der Waals surface area contributed by atoms with Crippen molar-refractivity contribution in [2.24, 2.45) is 0 Å². The zero-order valence-electron chi connectivity index (χ0n) is 29.4. The number of benzene rings is 4. The summed E-state index contributed by atoms with van der Waals surface area (Å²) in [5.74, 6) is 0.157. The van der Waals surface area contributed by atoms with Gasteiger partial charge in [0.25, 0.3) is 10.0 Å². The first-order valence-corrected chi connectivity index (χ1v) is 19.3. The minimum Gasteiger partial charge on any atom is -0.494 e. The highest BCUT2D eigenvalue weighted by Crippen LogP contribution is 2.33. The summed E-state index contributed by atoms with van der Waals surface area (Å²) in [6.45, 7) is 1.59. The Kier molecular flexibility index (Phi) is 13.3. The molecule has 1 aliphatic carbocycles. The third-order valence-electron chi connectivity index (χ3n) is 8.97. The number of carbonyl (C=O) groups excluding carboxylic acids is 2. The number of hydrogen-bond donors (Lipinski definition) is 1. The first kappa shape index (κ1) is 38.8. The minimum atomic E-state index is -4.40. The summed E-state index contributed by atoms with van der Waals surface area (Å²) in [7, 11) is -1.54. The summed E-state index contributed by atoms with van der Waals surface area (Å²) in [5.41, 5.74) is 1.67. The maximum Gasteiger partial charge on any atom is 0.264 e. The predicted molar refractivity (Wildman–Crippen MR) is 203 cm³/mol. The van der Waals surface area contributed by atoms with Gasteiger partial charge in [0.05, 0.1) is 41.5 Å². The fraction of sp³-hybridized carbons (Fsp3) is 0.333. The second-order valence-electron chi connectivity index (χ2n) is 12.4. The third-order valence-corrected chi connectivity index (χ3v) is 11.5. The maximum atomic E-state index is 14.8. The lowest BCUT2D eigenvalue weighted by molar-refractivity contribution is -0.140. The molecule has 0 spiro atoms. The molecule has 0 aliphatic heterocycles. The standard InChI is InChI=1S/C39H43Cl2N3O7S/c1-4-51-31-17-15-30(16-18-31)44(52(47,48)32-19-21-36(49-2)37(24-32)50-3)26-38(45)43(25-28-14-20-33(40)34(41)22-28)35(23-27-10-6-5-7-11-27)39(46)42-29-12-8-9-13-29/h5-7,10-11,14-22,24,29,35H,4,8-9,12-13,23,25-26H2,1-3H3,(H,42,46). The summed E-state index contributed by atoms with van der Waals surface area (Å²) < 4.78 is 46.5. The number of halogens is 2. The first-order valence-electron chi connectivity index (χ1n) is 17.1. The van der Waals surface area contributed by atoms with Crippen LogP contribution in [0.4, 0.5) is 5.69 Å². The molecule has 10 nitrogen and oxygen atoms in total. The molecule has 276 valence electrons. The van der Waals surface area contributed by atoms with E-state index in [2.05, 4.69) is 5.32 Å². The number of carbonyl (C=O) groups is 2. The normalized spacial score (nSPS) is 13.6. The van der Waals surface area contributed by atoms with E-state index in [1.807, 2.05) is 37.3 Å². The number of amides is 2. The molecule has 52 heavy (non-hydrogen) atoms. The summed E-state index contributed by atoms with van der Waals surface area (Å²) in [6, 6.07) is 24.1. The Labute approximate surface area is 315 Å². The van der Waals surface area contributed by atoms with Crippen molar-refractivity contribution in [2.45, 2.75) is 62.6 Å². The van der Waals surface area contributed by atoms with Crippen molar-refractivity contribution in [1.82, 2.24) is 10.2 Å². The highest BCUT2D eigenvalue weighted by atomic mass is 35.5. The van der Waals surface area contributed by atoms with Crippen LogP contribution in [-0.4, -0.2) is 64.6 Å². The average molecular weight is 769 g/mol. The molecule has 1 unspecified atom stereocenters. The monoisotopic (exact) mass is 767 g/mol. The van der Waals surface area contributed by atoms with Gasteiger partial charge in [-0.05, 0) is 79.4 Å². The molecule has 1 atom stereocenters. The van der Waals surface area contributed by atoms with Crippen molar-refractivity contribution in [2.75, 3.05) is 31.7 Å². The molecule has 1 saturated carbocycles. The van der Waals surface area contributed by atoms with E-state index in [0.717, 1.165) is 35.6 Å². The number of nitrogens with zero attached hydrogens (tertiary/aromatic N) is 2. The molecule has 0 aromatic heterocycles. The van der Waals surface area contributed by atoms with Gasteiger partial charge in [0.1, 0.15) is 18.3 Å². The smallest absolute Gasteiger partial charge is 0.264 e. The number of ether oxygens (including phenoxy) is 3. The highest BCUT2D eigenvalue weighted by Gasteiger charge is 2.36. The number of rotatable bonds is 16. The topological polar surface area (TPSA) is 114 Å². The van der Waals surface area contributed by atoms with Gasteiger partial charge in [0, 0.05) is 25.1 Å². The lowest BCUT2D eigenvalue weighted by Gasteiger charge is -2.34. The van der Waals surface area contributed by atoms with E-state index in [1.165, 1.54) is 37.3 Å². The molecule has 5 rings (SSSR count). The van der Waals surface area contributed by atoms with Crippen molar-refractivity contribution in [1.29, 1.82) is 0 Å². The molecule has 2 amide bonds. The van der Waals surface area contributed by atoms with E-state index in [9.17, 15) is 18.0 Å². The second kappa shape index (κ2) is 17.9. The van der Waals surface area contributed by atoms with Gasteiger partial charge in [0.15, 0.2) is 11.5 Å². The van der Waals surface area contributed by atoms with Crippen LogP contribution in [0.25, 0.3) is 0 Å². The van der Waals surface area contributed by atoms with Gasteiger partial charge in [-0.15, -0.1) is 0 Å². The average Bonchev–Trinajstić information content (AvgIpc) is 3.67. The Morgan fingerprint density at radius 1 is 0.846 bits per heavy atom. The molecular weight excluding hydrogens is 725 g/mol. The summed E-state index contributed by atoms with van der Waals surface area (Å²) >= 11 is 12.6. The first-order chi connectivity index (χ1) is 25.0. The summed E-state index contributed by atoms with van der Waals surface area (Å²) in [6.07, 6.45) is 3.90. The largest absolute Gasteiger partial charge is 0.494 e. The predicted octanol–water partition coefficient (Wildman–Crippen LogP) is 7.30. The van der Waals surface area contributed by atoms with E-state index in [1.54, 1.807) is 42.5 Å². The SMILES string of the molecule is CCOc1ccc(N(CC(=O)N(Cc2ccc(Cl)c(Cl)c2)C(Cc2ccccc2)C(=O)NC2CCCC2)S(=O)(=O)c2ccc(OC)c(OC)c2)cc1. The summed E-state index contributed by atoms with van der Waals surface area (Å²) in [4.78, 5) is 30.4. The fourth-order valence-electron chi connectivity index (χ4n) is 6.26. The van der Waals surface area contributed by atoms with Gasteiger partial charge in [-0.3, -0.25) is 13.9 Å². The van der Waals surface area contributed by atoms with Gasteiger partial charge >= 0.3 is 0 Å². The van der Waals surface area contributed by atoms with E-state index in [4.69, 9.17) is 37.4 Å². The van der Waals surface area contributed by atoms with Crippen LogP contribution >= 0.6 is 23.2 Å². The molecule has 1 fully saturated rings. The van der Waals surface area contributed by atoms with Crippen LogP contribution in [0.5, 0.6) is 17.2 Å². The second-order valence-corrected chi connectivity index (χ2v) is 15.1. The van der Waals surface area contributed by atoms with E-state index >= 15 is 0 Å². The Bertz CT molecular complexity index is 1940. The van der Waals surface area contributed by atoms with Gasteiger partial charge in [-0.25, -0.2) is 8.42 Å². The van der Waals surface area contributed by atoms with Gasteiger partial charge in [0.2, 0.25) is 11.8 Å². The fourth-order valence-corrected chi connectivity index (χ4v) is 8.02. The molecule has 1 aliphatic rings. The van der Waals surface area contributed by atoms with Crippen molar-refractivity contribution < 1.29 is 32.2 Å². The van der Waals surface area contributed by atoms with Crippen LogP contribution in [0, 0.1) is 0 Å². The third kappa shape index (κ3) is 9.50. The minimum absolute atomic E-state index is 0.0153. The van der Waals surface area contributed by atoms with Crippen molar-refractivity contribution >= 4 is 50.7 Å². The van der Waals surface area contributed by atoms with E-state index in [0.29, 0.717) is 28.7 Å². The van der Waals surface area contributed by atoms with Crippen molar-refractivity contribution in [3.63, 3.8) is 0 Å². The van der Waals surface area contributed by atoms with Gasteiger partial charge in [-0.2, -0.15) is 0 Å². The van der Waals surface area contributed by atoms with Gasteiger partial charge in [-0.1, -0.05) is 72.4 Å². The molecule has 4 aromatic rings. The quantitative estimate of drug-likeness (QED) is 0.127. The molecule has 1 N–H and O–H groups in total. The van der Waals surface area contributed by atoms with E-state index < -0.39 is 28.5 Å². The molecular formula is C39H43Cl2N3O7S. The van der Waals surface area contributed by atoms with Crippen LogP contribution in [0.3, 0.4) is 0 Å². The molecule has 0 radical (unpaired) electrons. The maximum absolute atomic E-state index is 14.8. The zero-order valence-corrected chi connectivity index (χ0v) is 31.7. The number of sulfonamides is 1. The number of anilines is 1. The highest BCUT2D eigenvalue weighted by molar-refractivity contribution is 7.92. The van der Waals surface area contributed by atoms with Gasteiger partial charge < -0.3 is 24.4 Å². The molecule has 0 saturated heterocycles. The van der Waals surface area contributed by atoms with Crippen LogP contribution < -0.4 is 23.8 Å². The van der Waals surface area contributed by atoms with Crippen LogP contribution in [0.15, 0.2) is 95.9 Å². The molecule has 4 aromatic carbocycles. The van der Waals surface area contributed by atoms with Crippen molar-refractivity contribution in [3.05, 3.63) is 112 Å². The molecule has 0 heterocycles. The van der Waals surface area contributed by atoms with Crippen LogP contribution in [-0.2, 0) is 32.6 Å². The lowest BCUT2D eigenvalue weighted by atomic mass is 10.0. The van der Waals surface area contributed by atoms with Crippen LogP contribution in [0.1, 0.15) is 43.7 Å². The molecule has 13 heteroatoms. The Balaban J connectivity index is 1.60. The Hall–Kier alpha value is -4.45. The number of hydrogen-bond acceptors (Lipinski definition) is 7. The lowest BCUT2D eigenvalue weighted by Crippen LogP contribution is -2.54. The number of nitrogens with one attached hydrogen (secondary N) is 1. The van der Waals surface area contributed by atoms with Crippen LogP contribution in [0.2, 0.25) is 10.0 Å². The number of methoxy groups -OCH3 is 2. The van der Waals surface area contributed by atoms with Crippen molar-refractivity contribution in [3.8, 4) is 17.2 Å². The Morgan fingerprint density at radius 2 is 1.54 bits per heavy atom. The zero-order chi connectivity index (χ0) is 37.3. The van der Waals surface area contributed by atoms with E-state index in [-0.39, 0.29) is 46.3 Å².